The first kappa shape index (κ1) is 10.8. The minimum atomic E-state index is 0.643. The van der Waals surface area contributed by atoms with Crippen LogP contribution < -0.4 is 11.1 Å². The maximum atomic E-state index is 6.04. The smallest absolute Gasteiger partial charge is 0.0550 e. The van der Waals surface area contributed by atoms with Crippen LogP contribution in [0.25, 0.3) is 0 Å². The van der Waals surface area contributed by atoms with Gasteiger partial charge in [0, 0.05) is 17.8 Å². The first-order valence-corrected chi connectivity index (χ1v) is 5.31. The Morgan fingerprint density at radius 3 is 2.81 bits per heavy atom. The van der Waals surface area contributed by atoms with Crippen LogP contribution in [0, 0.1) is 0 Å². The number of pyridine rings is 1. The molecule has 2 rings (SSSR count). The second-order valence-corrected chi connectivity index (χ2v) is 3.86. The van der Waals surface area contributed by atoms with Gasteiger partial charge in [0.2, 0.25) is 0 Å². The molecule has 3 N–H and O–H groups in total. The van der Waals surface area contributed by atoms with E-state index in [2.05, 4.69) is 10.3 Å². The molecule has 0 aliphatic carbocycles. The summed E-state index contributed by atoms with van der Waals surface area (Å²) in [6.45, 7) is 0.658. The van der Waals surface area contributed by atoms with Crippen LogP contribution in [0.3, 0.4) is 0 Å². The zero-order chi connectivity index (χ0) is 11.4. The lowest BCUT2D eigenvalue weighted by Gasteiger charge is -2.07. The average Bonchev–Trinajstić information content (AvgIpc) is 2.28. The van der Waals surface area contributed by atoms with E-state index in [0.29, 0.717) is 12.2 Å². The van der Waals surface area contributed by atoms with Gasteiger partial charge in [0.1, 0.15) is 0 Å². The van der Waals surface area contributed by atoms with Gasteiger partial charge < -0.3 is 11.1 Å². The Kier molecular flexibility index (Phi) is 3.27. The minimum absolute atomic E-state index is 0.643. The van der Waals surface area contributed by atoms with Crippen molar-refractivity contribution >= 4 is 23.0 Å². The number of nitrogens with zero attached hydrogens (tertiary/aromatic N) is 1. The Morgan fingerprint density at radius 1 is 1.25 bits per heavy atom. The Morgan fingerprint density at radius 2 is 2.06 bits per heavy atom. The average molecular weight is 234 g/mol. The van der Waals surface area contributed by atoms with Gasteiger partial charge in [0.05, 0.1) is 17.6 Å². The van der Waals surface area contributed by atoms with Gasteiger partial charge in [-0.05, 0) is 17.7 Å². The lowest BCUT2D eigenvalue weighted by Crippen LogP contribution is -2.01. The van der Waals surface area contributed by atoms with Gasteiger partial charge in [-0.25, -0.2) is 0 Å². The number of hydrogen-bond acceptors (Lipinski definition) is 3. The van der Waals surface area contributed by atoms with Crippen LogP contribution in [-0.2, 0) is 6.54 Å². The van der Waals surface area contributed by atoms with Crippen LogP contribution in [0.4, 0.5) is 11.4 Å². The van der Waals surface area contributed by atoms with E-state index in [1.165, 1.54) is 0 Å². The quantitative estimate of drug-likeness (QED) is 0.857. The van der Waals surface area contributed by atoms with Crippen molar-refractivity contribution < 1.29 is 0 Å². The van der Waals surface area contributed by atoms with Gasteiger partial charge in [-0.3, -0.25) is 4.98 Å². The molecule has 0 unspecified atom stereocenters. The number of aromatic nitrogens is 1. The fraction of sp³-hybridized carbons (Fsp3) is 0.0833. The van der Waals surface area contributed by atoms with Gasteiger partial charge in [-0.2, -0.15) is 0 Å². The van der Waals surface area contributed by atoms with E-state index in [1.54, 1.807) is 12.4 Å². The topological polar surface area (TPSA) is 50.9 Å². The van der Waals surface area contributed by atoms with Crippen molar-refractivity contribution in [3.63, 3.8) is 0 Å². The highest BCUT2D eigenvalue weighted by molar-refractivity contribution is 6.31. The van der Waals surface area contributed by atoms with Crippen molar-refractivity contribution in [1.82, 2.24) is 4.98 Å². The molecule has 1 aromatic heterocycles. The SMILES string of the molecule is Nc1cncc(NCc2ccccc2Cl)c1. The Balaban J connectivity index is 2.05. The summed E-state index contributed by atoms with van der Waals surface area (Å²) in [7, 11) is 0. The number of benzene rings is 1. The van der Waals surface area contributed by atoms with Gasteiger partial charge in [-0.1, -0.05) is 29.8 Å². The summed E-state index contributed by atoms with van der Waals surface area (Å²) in [6.07, 6.45) is 3.34. The molecular formula is C12H12ClN3. The minimum Gasteiger partial charge on any atom is -0.397 e. The molecule has 82 valence electrons. The van der Waals surface area contributed by atoms with Crippen molar-refractivity contribution in [1.29, 1.82) is 0 Å². The summed E-state index contributed by atoms with van der Waals surface area (Å²) in [5.41, 5.74) is 8.21. The van der Waals surface area contributed by atoms with E-state index in [1.807, 2.05) is 30.3 Å². The molecule has 0 bridgehead atoms. The number of hydrogen-bond donors (Lipinski definition) is 2. The fourth-order valence-corrected chi connectivity index (χ4v) is 1.60. The van der Waals surface area contributed by atoms with Crippen molar-refractivity contribution in [2.24, 2.45) is 0 Å². The lowest BCUT2D eigenvalue weighted by atomic mass is 10.2. The number of nitrogens with two attached hydrogens (primary N) is 1. The largest absolute Gasteiger partial charge is 0.397 e. The van der Waals surface area contributed by atoms with E-state index >= 15 is 0 Å². The molecule has 0 saturated heterocycles. The molecule has 1 heterocycles. The molecule has 0 aliphatic rings. The molecule has 0 atom stereocenters. The summed E-state index contributed by atoms with van der Waals surface area (Å²) < 4.78 is 0. The predicted molar refractivity (Wildman–Crippen MR) is 67.4 cm³/mol. The summed E-state index contributed by atoms with van der Waals surface area (Å²) in [5.74, 6) is 0. The highest BCUT2D eigenvalue weighted by Gasteiger charge is 1.99. The normalized spacial score (nSPS) is 10.1. The Hall–Kier alpha value is -1.74. The van der Waals surface area contributed by atoms with Crippen LogP contribution in [0.2, 0.25) is 5.02 Å². The highest BCUT2D eigenvalue weighted by atomic mass is 35.5. The van der Waals surface area contributed by atoms with E-state index in [0.717, 1.165) is 16.3 Å². The number of halogens is 1. The summed E-state index contributed by atoms with van der Waals surface area (Å²) >= 11 is 6.04. The van der Waals surface area contributed by atoms with E-state index in [9.17, 15) is 0 Å². The standard InChI is InChI=1S/C12H12ClN3/c13-12-4-2-1-3-9(12)6-16-11-5-10(14)7-15-8-11/h1-5,7-8,16H,6,14H2. The van der Waals surface area contributed by atoms with Gasteiger partial charge in [-0.15, -0.1) is 0 Å². The number of nitrogens with one attached hydrogen (secondary N) is 1. The molecule has 0 spiro atoms. The van der Waals surface area contributed by atoms with Crippen molar-refractivity contribution in [2.75, 3.05) is 11.1 Å². The molecule has 16 heavy (non-hydrogen) atoms. The van der Waals surface area contributed by atoms with Crippen molar-refractivity contribution in [3.05, 3.63) is 53.3 Å². The zero-order valence-corrected chi connectivity index (χ0v) is 9.41. The van der Waals surface area contributed by atoms with Crippen LogP contribution in [0.1, 0.15) is 5.56 Å². The summed E-state index contributed by atoms with van der Waals surface area (Å²) in [5, 5.41) is 3.97. The van der Waals surface area contributed by atoms with Gasteiger partial charge >= 0.3 is 0 Å². The molecule has 1 aromatic carbocycles. The zero-order valence-electron chi connectivity index (χ0n) is 8.65. The van der Waals surface area contributed by atoms with E-state index in [4.69, 9.17) is 17.3 Å². The van der Waals surface area contributed by atoms with Crippen molar-refractivity contribution in [3.8, 4) is 0 Å². The fourth-order valence-electron chi connectivity index (χ4n) is 1.39. The molecule has 0 aliphatic heterocycles. The molecule has 0 saturated carbocycles. The molecule has 3 nitrogen and oxygen atoms in total. The third kappa shape index (κ3) is 2.64. The summed E-state index contributed by atoms with van der Waals surface area (Å²) in [4.78, 5) is 4.00. The monoisotopic (exact) mass is 233 g/mol. The lowest BCUT2D eigenvalue weighted by molar-refractivity contribution is 1.14. The number of anilines is 2. The Labute approximate surface area is 99.3 Å². The summed E-state index contributed by atoms with van der Waals surface area (Å²) in [6, 6.07) is 9.56. The van der Waals surface area contributed by atoms with Crippen molar-refractivity contribution in [2.45, 2.75) is 6.54 Å². The first-order chi connectivity index (χ1) is 7.75. The Bertz CT molecular complexity index is 485. The van der Waals surface area contributed by atoms with E-state index < -0.39 is 0 Å². The van der Waals surface area contributed by atoms with Gasteiger partial charge in [0.15, 0.2) is 0 Å². The molecule has 0 fully saturated rings. The first-order valence-electron chi connectivity index (χ1n) is 4.93. The predicted octanol–water partition coefficient (Wildman–Crippen LogP) is 2.93. The van der Waals surface area contributed by atoms with Crippen LogP contribution in [0.5, 0.6) is 0 Å². The van der Waals surface area contributed by atoms with Crippen LogP contribution >= 0.6 is 11.6 Å². The number of nitrogen functional groups attached to an aromatic ring is 1. The molecule has 4 heteroatoms. The molecule has 0 amide bonds. The second kappa shape index (κ2) is 4.86. The maximum Gasteiger partial charge on any atom is 0.0550 e. The van der Waals surface area contributed by atoms with E-state index in [-0.39, 0.29) is 0 Å². The molecular weight excluding hydrogens is 222 g/mol. The third-order valence-corrected chi connectivity index (χ3v) is 2.57. The van der Waals surface area contributed by atoms with Crippen LogP contribution in [-0.4, -0.2) is 4.98 Å². The van der Waals surface area contributed by atoms with Crippen LogP contribution in [0.15, 0.2) is 42.7 Å². The highest BCUT2D eigenvalue weighted by Crippen LogP contribution is 2.17. The molecule has 0 radical (unpaired) electrons. The maximum absolute atomic E-state index is 6.04. The second-order valence-electron chi connectivity index (χ2n) is 3.45. The number of rotatable bonds is 3. The molecule has 2 aromatic rings. The van der Waals surface area contributed by atoms with Gasteiger partial charge in [0.25, 0.3) is 0 Å². The third-order valence-electron chi connectivity index (χ3n) is 2.20.